The van der Waals surface area contributed by atoms with Crippen molar-refractivity contribution in [2.24, 2.45) is 0 Å². The van der Waals surface area contributed by atoms with Gasteiger partial charge in [0, 0.05) is 12.8 Å². The number of hydrogen-bond donors (Lipinski definition) is 6. The Balaban J connectivity index is 1.88. The van der Waals surface area contributed by atoms with Gasteiger partial charge in [-0.15, -0.1) is 0 Å². The van der Waals surface area contributed by atoms with Crippen LogP contribution in [0, 0.1) is 0 Å². The highest BCUT2D eigenvalue weighted by Crippen LogP contribution is 2.23. The fourth-order valence-corrected chi connectivity index (χ4v) is 11.7. The Bertz CT molecular complexity index is 1570. The van der Waals surface area contributed by atoms with Gasteiger partial charge >= 0.3 is 5.97 Å². The second-order valence-electron chi connectivity index (χ2n) is 25.6. The predicted octanol–water partition coefficient (Wildman–Crippen LogP) is 19.1. The average Bonchev–Trinajstić information content (AvgIpc) is 2.71. The number of rotatable bonds is 65. The minimum Gasteiger partial charge on any atom is -0.466 e. The maximum Gasteiger partial charge on any atom is 0.305 e. The summed E-state index contributed by atoms with van der Waals surface area (Å²) in [6.07, 6.45) is 74.6. The normalized spacial score (nSPS) is 18.2. The fraction of sp³-hybridized carbons (Fsp3) is 0.867. The van der Waals surface area contributed by atoms with E-state index in [1.807, 2.05) is 19.1 Å². The van der Waals surface area contributed by atoms with Crippen LogP contribution < -0.4 is 5.32 Å². The van der Waals surface area contributed by atoms with Gasteiger partial charge in [0.05, 0.1) is 32.0 Å². The van der Waals surface area contributed by atoms with E-state index in [1.54, 1.807) is 6.08 Å². The van der Waals surface area contributed by atoms with Gasteiger partial charge in [0.25, 0.3) is 0 Å². The number of carbonyl (C=O) groups is 2. The summed E-state index contributed by atoms with van der Waals surface area (Å²) >= 11 is 0. The molecule has 0 saturated carbocycles. The third kappa shape index (κ3) is 52.4. The molecule has 6 N–H and O–H groups in total. The lowest BCUT2D eigenvalue weighted by atomic mass is 9.99. The number of aliphatic hydroxyl groups is 5. The van der Waals surface area contributed by atoms with Crippen molar-refractivity contribution in [3.8, 4) is 0 Å². The molecule has 7 unspecified atom stereocenters. The van der Waals surface area contributed by atoms with E-state index in [4.69, 9.17) is 14.2 Å². The van der Waals surface area contributed by atoms with Crippen molar-refractivity contribution >= 4 is 11.9 Å². The molecule has 1 fully saturated rings. The van der Waals surface area contributed by atoms with Crippen LogP contribution in [-0.2, 0) is 23.8 Å². The smallest absolute Gasteiger partial charge is 0.305 e. The summed E-state index contributed by atoms with van der Waals surface area (Å²) in [5.74, 6) is -0.179. The van der Waals surface area contributed by atoms with E-state index < -0.39 is 49.5 Å². The largest absolute Gasteiger partial charge is 0.466 e. The summed E-state index contributed by atoms with van der Waals surface area (Å²) < 4.78 is 16.7. The zero-order valence-corrected chi connectivity index (χ0v) is 56.0. The summed E-state index contributed by atoms with van der Waals surface area (Å²) in [6, 6.07) is -0.830. The van der Waals surface area contributed by atoms with Gasteiger partial charge in [-0.05, 0) is 77.6 Å². The Morgan fingerprint density at radius 2 is 0.802 bits per heavy atom. The molecule has 11 nitrogen and oxygen atoms in total. The van der Waals surface area contributed by atoms with E-state index in [0.29, 0.717) is 19.4 Å². The first-order chi connectivity index (χ1) is 42.2. The molecule has 0 bridgehead atoms. The molecule has 0 radical (unpaired) electrons. The zero-order valence-electron chi connectivity index (χ0n) is 56.0. The van der Waals surface area contributed by atoms with E-state index in [1.165, 1.54) is 270 Å². The molecule has 11 heteroatoms. The Kier molecular flexibility index (Phi) is 60.9. The molecular weight excluding hydrogens is 1070 g/mol. The summed E-state index contributed by atoms with van der Waals surface area (Å²) in [5, 5.41) is 54.2. The van der Waals surface area contributed by atoms with Crippen LogP contribution in [0.25, 0.3) is 0 Å². The fourth-order valence-electron chi connectivity index (χ4n) is 11.7. The first-order valence-electron chi connectivity index (χ1n) is 36.9. The zero-order chi connectivity index (χ0) is 62.3. The number of nitrogens with one attached hydrogen (secondary N) is 1. The van der Waals surface area contributed by atoms with E-state index in [2.05, 4.69) is 42.6 Å². The van der Waals surface area contributed by atoms with Crippen molar-refractivity contribution in [1.82, 2.24) is 5.32 Å². The molecule has 0 aromatic carbocycles. The topological polar surface area (TPSA) is 175 Å². The van der Waals surface area contributed by atoms with Crippen molar-refractivity contribution in [3.05, 3.63) is 48.6 Å². The highest BCUT2D eigenvalue weighted by molar-refractivity contribution is 5.76. The molecule has 0 aliphatic carbocycles. The molecule has 1 aliphatic rings. The number of aliphatic hydroxyl groups excluding tert-OH is 5. The van der Waals surface area contributed by atoms with Crippen LogP contribution in [0.2, 0.25) is 0 Å². The molecule has 0 aromatic heterocycles. The van der Waals surface area contributed by atoms with Crippen LogP contribution in [0.15, 0.2) is 48.6 Å². The molecule has 1 amide bonds. The number of amides is 1. The Hall–Kier alpha value is -2.38. The highest BCUT2D eigenvalue weighted by atomic mass is 16.7. The van der Waals surface area contributed by atoms with Gasteiger partial charge in [-0.25, -0.2) is 0 Å². The number of hydrogen-bond acceptors (Lipinski definition) is 10. The van der Waals surface area contributed by atoms with Crippen molar-refractivity contribution in [2.75, 3.05) is 19.8 Å². The monoisotopic (exact) mass is 1210 g/mol. The lowest BCUT2D eigenvalue weighted by Gasteiger charge is -2.40. The predicted molar refractivity (Wildman–Crippen MR) is 361 cm³/mol. The molecule has 504 valence electrons. The van der Waals surface area contributed by atoms with Gasteiger partial charge in [-0.1, -0.05) is 312 Å². The number of allylic oxidation sites excluding steroid dienone is 7. The molecule has 86 heavy (non-hydrogen) atoms. The van der Waals surface area contributed by atoms with Crippen LogP contribution >= 0.6 is 0 Å². The van der Waals surface area contributed by atoms with E-state index in [0.717, 1.165) is 57.8 Å². The Morgan fingerprint density at radius 1 is 0.442 bits per heavy atom. The molecule has 1 heterocycles. The lowest BCUT2D eigenvalue weighted by molar-refractivity contribution is -0.302. The SMILES string of the molecule is C/C=C/CC/C=C/CC/C=C/C(O)C(COC1OC(CO)C(O)C(O)C1O)NC(=O)CCCCCCCCCCCCCCCCCCC/C=C\CCCCCCCCCCCCCCCCCCOC(=O)CCCCCCCCCCCCCC. The van der Waals surface area contributed by atoms with Crippen molar-refractivity contribution in [3.63, 3.8) is 0 Å². The molecular formula is C75H139NO10. The molecule has 0 aromatic rings. The second-order valence-corrected chi connectivity index (χ2v) is 25.6. The maximum atomic E-state index is 13.0. The van der Waals surface area contributed by atoms with Gasteiger partial charge in [-0.2, -0.15) is 0 Å². The highest BCUT2D eigenvalue weighted by Gasteiger charge is 2.44. The number of ether oxygens (including phenoxy) is 3. The Morgan fingerprint density at radius 3 is 1.22 bits per heavy atom. The minimum absolute atomic E-state index is 0.0158. The van der Waals surface area contributed by atoms with E-state index in [9.17, 15) is 35.1 Å². The van der Waals surface area contributed by atoms with Gasteiger partial charge < -0.3 is 45.1 Å². The second kappa shape index (κ2) is 64.2. The van der Waals surface area contributed by atoms with E-state index in [-0.39, 0.29) is 18.5 Å². The van der Waals surface area contributed by atoms with Crippen LogP contribution in [0.3, 0.4) is 0 Å². The van der Waals surface area contributed by atoms with Crippen LogP contribution in [0.5, 0.6) is 0 Å². The van der Waals surface area contributed by atoms with Gasteiger partial charge in [0.2, 0.25) is 5.91 Å². The number of unbranched alkanes of at least 4 members (excludes halogenated alkanes) is 46. The molecule has 7 atom stereocenters. The third-order valence-electron chi connectivity index (χ3n) is 17.5. The van der Waals surface area contributed by atoms with Crippen LogP contribution in [0.4, 0.5) is 0 Å². The van der Waals surface area contributed by atoms with Crippen molar-refractivity contribution in [2.45, 2.75) is 397 Å². The average molecular weight is 1210 g/mol. The summed E-state index contributed by atoms with van der Waals surface area (Å²) in [6.45, 7) is 4.12. The van der Waals surface area contributed by atoms with Crippen LogP contribution in [-0.4, -0.2) is 100 Å². The Labute approximate surface area is 529 Å². The molecule has 1 saturated heterocycles. The minimum atomic E-state index is -1.58. The van der Waals surface area contributed by atoms with Gasteiger partial charge in [0.1, 0.15) is 24.4 Å². The quantitative estimate of drug-likeness (QED) is 0.0195. The third-order valence-corrected chi connectivity index (χ3v) is 17.5. The summed E-state index contributed by atoms with van der Waals surface area (Å²) in [5.41, 5.74) is 0. The van der Waals surface area contributed by atoms with Crippen LogP contribution in [0.1, 0.15) is 354 Å². The standard InChI is InChI=1S/C75H139NO10/c1-3-5-7-9-11-13-14-43-47-51-55-59-63-71(80)84-64-60-56-52-48-44-41-39-37-35-33-31-29-27-25-23-21-19-17-15-16-18-20-22-24-26-28-30-32-34-36-38-40-42-46-50-54-58-62-70(79)76-67(68(78)61-57-53-49-45-12-10-8-6-4-2)66-85-75-74(83)73(82)72(81)69(65-77)86-75/h4,6,12,15,17,45,57,61,67-69,72-75,77-78,81-83H,3,5,7-11,13-14,16,18-44,46-56,58-60,62-66H2,1-2H3,(H,76,79)/b6-4+,17-15-,45-12+,61-57+. The summed E-state index contributed by atoms with van der Waals surface area (Å²) in [4.78, 5) is 25.0. The van der Waals surface area contributed by atoms with Gasteiger partial charge in [0.15, 0.2) is 6.29 Å². The number of carbonyl (C=O) groups excluding carboxylic acids is 2. The molecule has 1 rings (SSSR count). The molecule has 0 spiro atoms. The van der Waals surface area contributed by atoms with Crippen molar-refractivity contribution < 1.29 is 49.3 Å². The van der Waals surface area contributed by atoms with Gasteiger partial charge in [-0.3, -0.25) is 9.59 Å². The first kappa shape index (κ1) is 81.6. The van der Waals surface area contributed by atoms with E-state index >= 15 is 0 Å². The number of esters is 1. The van der Waals surface area contributed by atoms with Crippen molar-refractivity contribution in [1.29, 1.82) is 0 Å². The summed E-state index contributed by atoms with van der Waals surface area (Å²) in [7, 11) is 0. The lowest BCUT2D eigenvalue weighted by Crippen LogP contribution is -2.60. The maximum absolute atomic E-state index is 13.0. The molecule has 1 aliphatic heterocycles. The first-order valence-corrected chi connectivity index (χ1v) is 36.9.